The van der Waals surface area contributed by atoms with Crippen LogP contribution >= 0.6 is 0 Å². The Bertz CT molecular complexity index is 538. The van der Waals surface area contributed by atoms with Gasteiger partial charge in [-0.1, -0.05) is 0 Å². The summed E-state index contributed by atoms with van der Waals surface area (Å²) >= 11 is 0. The molecule has 0 unspecified atom stereocenters. The Hall–Kier alpha value is -2.24. The quantitative estimate of drug-likeness (QED) is 0.755. The molecule has 1 saturated heterocycles. The second-order valence-electron chi connectivity index (χ2n) is 5.15. The lowest BCUT2D eigenvalue weighted by Crippen LogP contribution is -2.48. The standard InChI is InChI=1S/C15H18N2O4/c18-11-16-4-6-17(7-5-16)15(19)12-2-3-13-14(10-12)21-9-1-8-20-13/h2-3,10-11H,1,4-9H2. The van der Waals surface area contributed by atoms with Crippen molar-refractivity contribution in [1.29, 1.82) is 0 Å². The Morgan fingerprint density at radius 2 is 1.76 bits per heavy atom. The summed E-state index contributed by atoms with van der Waals surface area (Å²) in [6.07, 6.45) is 1.67. The van der Waals surface area contributed by atoms with Gasteiger partial charge in [-0.25, -0.2) is 0 Å². The van der Waals surface area contributed by atoms with Gasteiger partial charge in [-0.15, -0.1) is 0 Å². The fraction of sp³-hybridized carbons (Fsp3) is 0.467. The average molecular weight is 290 g/mol. The SMILES string of the molecule is O=CN1CCN(C(=O)c2ccc3c(c2)OCCCO3)CC1. The van der Waals surface area contributed by atoms with Crippen molar-refractivity contribution in [3.63, 3.8) is 0 Å². The summed E-state index contributed by atoms with van der Waals surface area (Å²) in [5.74, 6) is 1.29. The summed E-state index contributed by atoms with van der Waals surface area (Å²) in [6, 6.07) is 5.30. The Balaban J connectivity index is 1.73. The van der Waals surface area contributed by atoms with Crippen molar-refractivity contribution in [3.8, 4) is 11.5 Å². The summed E-state index contributed by atoms with van der Waals surface area (Å²) in [5.41, 5.74) is 0.596. The van der Waals surface area contributed by atoms with Crippen LogP contribution in [0.5, 0.6) is 11.5 Å². The van der Waals surface area contributed by atoms with Crippen LogP contribution in [0.25, 0.3) is 0 Å². The Kier molecular flexibility index (Phi) is 3.94. The van der Waals surface area contributed by atoms with Gasteiger partial charge in [0, 0.05) is 38.2 Å². The first-order chi connectivity index (χ1) is 10.3. The molecule has 0 spiro atoms. The van der Waals surface area contributed by atoms with E-state index in [-0.39, 0.29) is 5.91 Å². The van der Waals surface area contributed by atoms with E-state index in [9.17, 15) is 9.59 Å². The molecule has 1 fully saturated rings. The number of fused-ring (bicyclic) bond motifs is 1. The molecule has 2 aliphatic heterocycles. The van der Waals surface area contributed by atoms with Crippen LogP contribution in [0.3, 0.4) is 0 Å². The number of ether oxygens (including phenoxy) is 2. The van der Waals surface area contributed by atoms with E-state index in [4.69, 9.17) is 9.47 Å². The van der Waals surface area contributed by atoms with Crippen LogP contribution < -0.4 is 9.47 Å². The van der Waals surface area contributed by atoms with Crippen LogP contribution in [0.4, 0.5) is 0 Å². The van der Waals surface area contributed by atoms with Gasteiger partial charge in [-0.2, -0.15) is 0 Å². The average Bonchev–Trinajstić information content (AvgIpc) is 2.79. The monoisotopic (exact) mass is 290 g/mol. The first kappa shape index (κ1) is 13.7. The van der Waals surface area contributed by atoms with Crippen LogP contribution in [0, 0.1) is 0 Å². The predicted molar refractivity (Wildman–Crippen MR) is 75.6 cm³/mol. The predicted octanol–water partition coefficient (Wildman–Crippen LogP) is 0.762. The van der Waals surface area contributed by atoms with E-state index in [0.29, 0.717) is 56.5 Å². The highest BCUT2D eigenvalue weighted by Crippen LogP contribution is 2.30. The van der Waals surface area contributed by atoms with Crippen LogP contribution in [0.15, 0.2) is 18.2 Å². The minimum atomic E-state index is -0.0313. The maximum atomic E-state index is 12.5. The molecule has 6 heteroatoms. The number of piperazine rings is 1. The van der Waals surface area contributed by atoms with Gasteiger partial charge in [-0.3, -0.25) is 9.59 Å². The van der Waals surface area contributed by atoms with E-state index < -0.39 is 0 Å². The number of hydrogen-bond donors (Lipinski definition) is 0. The van der Waals surface area contributed by atoms with Gasteiger partial charge >= 0.3 is 0 Å². The number of carbonyl (C=O) groups excluding carboxylic acids is 2. The zero-order chi connectivity index (χ0) is 14.7. The van der Waals surface area contributed by atoms with E-state index >= 15 is 0 Å². The molecule has 0 aliphatic carbocycles. The fourth-order valence-corrected chi connectivity index (χ4v) is 2.51. The molecule has 21 heavy (non-hydrogen) atoms. The number of rotatable bonds is 2. The van der Waals surface area contributed by atoms with E-state index in [2.05, 4.69) is 0 Å². The van der Waals surface area contributed by atoms with Crippen molar-refractivity contribution in [2.75, 3.05) is 39.4 Å². The van der Waals surface area contributed by atoms with Crippen LogP contribution in [0.1, 0.15) is 16.8 Å². The van der Waals surface area contributed by atoms with Crippen molar-refractivity contribution in [3.05, 3.63) is 23.8 Å². The molecule has 2 heterocycles. The Morgan fingerprint density at radius 3 is 2.48 bits per heavy atom. The number of nitrogens with zero attached hydrogens (tertiary/aromatic N) is 2. The summed E-state index contributed by atoms with van der Waals surface area (Å²) in [5, 5.41) is 0. The van der Waals surface area contributed by atoms with Crippen molar-refractivity contribution in [2.24, 2.45) is 0 Å². The third-order valence-corrected chi connectivity index (χ3v) is 3.75. The van der Waals surface area contributed by atoms with Crippen LogP contribution in [-0.2, 0) is 4.79 Å². The third-order valence-electron chi connectivity index (χ3n) is 3.75. The highest BCUT2D eigenvalue weighted by atomic mass is 16.5. The van der Waals surface area contributed by atoms with E-state index in [0.717, 1.165) is 12.8 Å². The van der Waals surface area contributed by atoms with E-state index in [1.807, 2.05) is 0 Å². The lowest BCUT2D eigenvalue weighted by atomic mass is 10.1. The minimum absolute atomic E-state index is 0.0313. The Labute approximate surface area is 123 Å². The molecule has 0 saturated carbocycles. The van der Waals surface area contributed by atoms with Gasteiger partial charge in [0.2, 0.25) is 6.41 Å². The van der Waals surface area contributed by atoms with Crippen LogP contribution in [0.2, 0.25) is 0 Å². The third kappa shape index (κ3) is 2.94. The van der Waals surface area contributed by atoms with Gasteiger partial charge in [0.25, 0.3) is 5.91 Å². The molecule has 3 rings (SSSR count). The van der Waals surface area contributed by atoms with Gasteiger partial charge < -0.3 is 19.3 Å². The first-order valence-corrected chi connectivity index (χ1v) is 7.16. The van der Waals surface area contributed by atoms with Gasteiger partial charge in [-0.05, 0) is 18.2 Å². The second-order valence-corrected chi connectivity index (χ2v) is 5.15. The van der Waals surface area contributed by atoms with Crippen molar-refractivity contribution in [1.82, 2.24) is 9.80 Å². The van der Waals surface area contributed by atoms with E-state index in [1.54, 1.807) is 28.0 Å². The summed E-state index contributed by atoms with van der Waals surface area (Å²) < 4.78 is 11.2. The number of benzene rings is 1. The smallest absolute Gasteiger partial charge is 0.254 e. The zero-order valence-electron chi connectivity index (χ0n) is 11.8. The largest absolute Gasteiger partial charge is 0.490 e. The molecule has 0 radical (unpaired) electrons. The first-order valence-electron chi connectivity index (χ1n) is 7.16. The number of carbonyl (C=O) groups is 2. The highest BCUT2D eigenvalue weighted by molar-refractivity contribution is 5.95. The summed E-state index contributed by atoms with van der Waals surface area (Å²) in [6.45, 7) is 3.52. The van der Waals surface area contributed by atoms with Gasteiger partial charge in [0.05, 0.1) is 13.2 Å². The molecular weight excluding hydrogens is 272 g/mol. The minimum Gasteiger partial charge on any atom is -0.490 e. The molecule has 0 N–H and O–H groups in total. The summed E-state index contributed by atoms with van der Waals surface area (Å²) in [7, 11) is 0. The molecule has 1 aromatic rings. The molecule has 0 aromatic heterocycles. The molecule has 0 bridgehead atoms. The number of hydrogen-bond acceptors (Lipinski definition) is 4. The highest BCUT2D eigenvalue weighted by Gasteiger charge is 2.22. The van der Waals surface area contributed by atoms with Crippen molar-refractivity contribution in [2.45, 2.75) is 6.42 Å². The Morgan fingerprint density at radius 1 is 1.05 bits per heavy atom. The van der Waals surface area contributed by atoms with E-state index in [1.165, 1.54) is 0 Å². The topological polar surface area (TPSA) is 59.1 Å². The molecule has 1 aromatic carbocycles. The van der Waals surface area contributed by atoms with Crippen LogP contribution in [-0.4, -0.2) is 61.5 Å². The second kappa shape index (κ2) is 6.03. The summed E-state index contributed by atoms with van der Waals surface area (Å²) in [4.78, 5) is 26.6. The molecule has 6 nitrogen and oxygen atoms in total. The van der Waals surface area contributed by atoms with Gasteiger partial charge in [0.15, 0.2) is 11.5 Å². The fourth-order valence-electron chi connectivity index (χ4n) is 2.51. The lowest BCUT2D eigenvalue weighted by Gasteiger charge is -2.32. The number of amides is 2. The maximum absolute atomic E-state index is 12.5. The lowest BCUT2D eigenvalue weighted by molar-refractivity contribution is -0.119. The molecule has 2 aliphatic rings. The normalized spacial score (nSPS) is 18.1. The molecule has 112 valence electrons. The molecular formula is C15H18N2O4. The van der Waals surface area contributed by atoms with Crippen molar-refractivity contribution < 1.29 is 19.1 Å². The van der Waals surface area contributed by atoms with Gasteiger partial charge in [0.1, 0.15) is 0 Å². The molecule has 0 atom stereocenters. The molecule has 2 amide bonds. The van der Waals surface area contributed by atoms with Crippen molar-refractivity contribution >= 4 is 12.3 Å². The maximum Gasteiger partial charge on any atom is 0.254 e. The zero-order valence-corrected chi connectivity index (χ0v) is 11.8.